The van der Waals surface area contributed by atoms with E-state index in [1.807, 2.05) is 19.9 Å². The number of likely N-dealkylation sites (tertiary alicyclic amines) is 1. The van der Waals surface area contributed by atoms with E-state index in [1.54, 1.807) is 17.0 Å². The van der Waals surface area contributed by atoms with Gasteiger partial charge in [0, 0.05) is 30.4 Å². The third-order valence-corrected chi connectivity index (χ3v) is 5.73. The minimum Gasteiger partial charge on any atom is -0.399 e. The monoisotopic (exact) mass is 375 g/mol. The summed E-state index contributed by atoms with van der Waals surface area (Å²) < 4.78 is 26.4. The number of nitrogens with one attached hydrogen (secondary N) is 1. The molecule has 1 amide bonds. The van der Waals surface area contributed by atoms with E-state index in [0.717, 1.165) is 5.56 Å². The van der Waals surface area contributed by atoms with Gasteiger partial charge in [0.05, 0.1) is 5.75 Å². The molecule has 1 aromatic rings. The summed E-state index contributed by atoms with van der Waals surface area (Å²) in [5, 5.41) is 0. The standard InChI is InChI=1S/C16H25N3O3S.ClH/c1-3-10-23(21,22)18-14-6-8-19(9-7-14)16(20)15-11-13(17)5-4-12(15)2;/h4-5,11,14,18H,3,6-10,17H2,1-2H3;1H. The number of piperidine rings is 1. The van der Waals surface area contributed by atoms with E-state index in [2.05, 4.69) is 4.72 Å². The molecule has 2 rings (SSSR count). The van der Waals surface area contributed by atoms with Gasteiger partial charge in [0.25, 0.3) is 5.91 Å². The Balaban J connectivity index is 0.00000288. The zero-order valence-corrected chi connectivity index (χ0v) is 15.8. The number of anilines is 1. The van der Waals surface area contributed by atoms with E-state index in [-0.39, 0.29) is 30.1 Å². The van der Waals surface area contributed by atoms with Gasteiger partial charge in [-0.1, -0.05) is 13.0 Å². The van der Waals surface area contributed by atoms with Crippen LogP contribution in [0.5, 0.6) is 0 Å². The summed E-state index contributed by atoms with van der Waals surface area (Å²) in [5.74, 6) is 0.110. The van der Waals surface area contributed by atoms with E-state index in [9.17, 15) is 13.2 Å². The number of sulfonamides is 1. The van der Waals surface area contributed by atoms with Crippen molar-refractivity contribution in [2.24, 2.45) is 0 Å². The quantitative estimate of drug-likeness (QED) is 0.769. The maximum Gasteiger partial charge on any atom is 0.254 e. The van der Waals surface area contributed by atoms with Crippen LogP contribution in [0.15, 0.2) is 18.2 Å². The number of aryl methyl sites for hydroxylation is 1. The number of hydrogen-bond donors (Lipinski definition) is 2. The molecule has 1 heterocycles. The highest BCUT2D eigenvalue weighted by atomic mass is 35.5. The van der Waals surface area contributed by atoms with Crippen molar-refractivity contribution in [3.05, 3.63) is 29.3 Å². The van der Waals surface area contributed by atoms with Crippen molar-refractivity contribution >= 4 is 34.0 Å². The van der Waals surface area contributed by atoms with Gasteiger partial charge in [0.1, 0.15) is 0 Å². The van der Waals surface area contributed by atoms with Gasteiger partial charge in [0.15, 0.2) is 0 Å². The summed E-state index contributed by atoms with van der Waals surface area (Å²) in [6.07, 6.45) is 1.87. The number of benzene rings is 1. The first-order valence-electron chi connectivity index (χ1n) is 7.98. The molecule has 3 N–H and O–H groups in total. The summed E-state index contributed by atoms with van der Waals surface area (Å²) in [4.78, 5) is 14.4. The summed E-state index contributed by atoms with van der Waals surface area (Å²) in [5.41, 5.74) is 7.86. The molecule has 1 aromatic carbocycles. The summed E-state index contributed by atoms with van der Waals surface area (Å²) in [6, 6.07) is 5.24. The lowest BCUT2D eigenvalue weighted by molar-refractivity contribution is 0.0710. The molecule has 0 aliphatic carbocycles. The van der Waals surface area contributed by atoms with Crippen LogP contribution in [0.4, 0.5) is 5.69 Å². The van der Waals surface area contributed by atoms with Crippen LogP contribution >= 0.6 is 12.4 Å². The Kier molecular flexibility index (Phi) is 7.51. The lowest BCUT2D eigenvalue weighted by atomic mass is 10.0. The topological polar surface area (TPSA) is 92.5 Å². The Morgan fingerprint density at radius 2 is 1.96 bits per heavy atom. The number of carbonyl (C=O) groups excluding carboxylic acids is 1. The molecule has 0 radical (unpaired) electrons. The number of nitrogen functional groups attached to an aromatic ring is 1. The first kappa shape index (κ1) is 20.7. The summed E-state index contributed by atoms with van der Waals surface area (Å²) in [6.45, 7) is 4.82. The second-order valence-electron chi connectivity index (χ2n) is 6.08. The Morgan fingerprint density at radius 3 is 2.54 bits per heavy atom. The van der Waals surface area contributed by atoms with E-state index < -0.39 is 10.0 Å². The van der Waals surface area contributed by atoms with Crippen LogP contribution in [0, 0.1) is 6.92 Å². The summed E-state index contributed by atoms with van der Waals surface area (Å²) >= 11 is 0. The molecule has 24 heavy (non-hydrogen) atoms. The van der Waals surface area contributed by atoms with Crippen LogP contribution in [0.1, 0.15) is 42.1 Å². The van der Waals surface area contributed by atoms with Crippen molar-refractivity contribution in [1.29, 1.82) is 0 Å². The SMILES string of the molecule is CCCS(=O)(=O)NC1CCN(C(=O)c2cc(N)ccc2C)CC1.Cl. The number of halogens is 1. The lowest BCUT2D eigenvalue weighted by Gasteiger charge is -2.32. The van der Waals surface area contributed by atoms with Crippen LogP contribution in [-0.4, -0.2) is 44.1 Å². The zero-order valence-electron chi connectivity index (χ0n) is 14.1. The van der Waals surface area contributed by atoms with Gasteiger partial charge in [-0.25, -0.2) is 13.1 Å². The molecule has 1 fully saturated rings. The van der Waals surface area contributed by atoms with Gasteiger partial charge in [0.2, 0.25) is 10.0 Å². The average Bonchev–Trinajstić information content (AvgIpc) is 2.49. The predicted molar refractivity (Wildman–Crippen MR) is 99.0 cm³/mol. The van der Waals surface area contributed by atoms with Crippen LogP contribution < -0.4 is 10.5 Å². The van der Waals surface area contributed by atoms with Crippen LogP contribution in [0.3, 0.4) is 0 Å². The average molecular weight is 376 g/mol. The molecule has 0 spiro atoms. The predicted octanol–water partition coefficient (Wildman–Crippen LogP) is 1.93. The largest absolute Gasteiger partial charge is 0.399 e. The molecule has 0 bridgehead atoms. The van der Waals surface area contributed by atoms with Gasteiger partial charge in [-0.2, -0.15) is 0 Å². The molecule has 0 saturated carbocycles. The Morgan fingerprint density at radius 1 is 1.33 bits per heavy atom. The first-order valence-corrected chi connectivity index (χ1v) is 9.63. The van der Waals surface area contributed by atoms with Crippen molar-refractivity contribution in [3.63, 3.8) is 0 Å². The number of nitrogens with two attached hydrogens (primary N) is 1. The van der Waals surface area contributed by atoms with Crippen LogP contribution in [0.2, 0.25) is 0 Å². The highest BCUT2D eigenvalue weighted by Gasteiger charge is 2.26. The van der Waals surface area contributed by atoms with E-state index in [4.69, 9.17) is 5.73 Å². The molecule has 1 saturated heterocycles. The highest BCUT2D eigenvalue weighted by molar-refractivity contribution is 7.89. The smallest absolute Gasteiger partial charge is 0.254 e. The third kappa shape index (κ3) is 5.36. The lowest BCUT2D eigenvalue weighted by Crippen LogP contribution is -2.47. The van der Waals surface area contributed by atoms with Gasteiger partial charge < -0.3 is 10.6 Å². The van der Waals surface area contributed by atoms with Crippen molar-refractivity contribution in [1.82, 2.24) is 9.62 Å². The molecule has 0 atom stereocenters. The van der Waals surface area contributed by atoms with E-state index in [0.29, 0.717) is 43.6 Å². The molecule has 8 heteroatoms. The highest BCUT2D eigenvalue weighted by Crippen LogP contribution is 2.19. The number of rotatable bonds is 5. The summed E-state index contributed by atoms with van der Waals surface area (Å²) in [7, 11) is -3.20. The minimum atomic E-state index is -3.20. The molecule has 0 aromatic heterocycles. The fraction of sp³-hybridized carbons (Fsp3) is 0.562. The van der Waals surface area contributed by atoms with Gasteiger partial charge in [-0.15, -0.1) is 12.4 Å². The van der Waals surface area contributed by atoms with Crippen molar-refractivity contribution in [2.45, 2.75) is 39.2 Å². The fourth-order valence-corrected chi connectivity index (χ4v) is 4.22. The molecular formula is C16H26ClN3O3S. The van der Waals surface area contributed by atoms with Crippen molar-refractivity contribution < 1.29 is 13.2 Å². The Hall–Kier alpha value is -1.31. The van der Waals surface area contributed by atoms with Gasteiger partial charge in [-0.05, 0) is 43.9 Å². The Labute approximate surface area is 150 Å². The molecule has 136 valence electrons. The first-order chi connectivity index (χ1) is 10.8. The number of amides is 1. The normalized spacial score (nSPS) is 15.8. The third-order valence-electron chi connectivity index (χ3n) is 4.09. The zero-order chi connectivity index (χ0) is 17.0. The molecule has 6 nitrogen and oxygen atoms in total. The second-order valence-corrected chi connectivity index (χ2v) is 7.95. The van der Waals surface area contributed by atoms with Crippen molar-refractivity contribution in [2.75, 3.05) is 24.6 Å². The molecular weight excluding hydrogens is 350 g/mol. The number of hydrogen-bond acceptors (Lipinski definition) is 4. The molecule has 0 unspecified atom stereocenters. The van der Waals surface area contributed by atoms with E-state index in [1.165, 1.54) is 0 Å². The maximum atomic E-state index is 12.6. The Bertz CT molecular complexity index is 671. The van der Waals surface area contributed by atoms with Crippen LogP contribution in [-0.2, 0) is 10.0 Å². The van der Waals surface area contributed by atoms with Gasteiger partial charge in [-0.3, -0.25) is 4.79 Å². The molecule has 1 aliphatic heterocycles. The second kappa shape index (κ2) is 8.69. The van der Waals surface area contributed by atoms with E-state index >= 15 is 0 Å². The van der Waals surface area contributed by atoms with Crippen LogP contribution in [0.25, 0.3) is 0 Å². The molecule has 1 aliphatic rings. The van der Waals surface area contributed by atoms with Gasteiger partial charge >= 0.3 is 0 Å². The number of carbonyl (C=O) groups is 1. The fourth-order valence-electron chi connectivity index (χ4n) is 2.82. The number of nitrogens with zero attached hydrogens (tertiary/aromatic N) is 1. The van der Waals surface area contributed by atoms with Crippen molar-refractivity contribution in [3.8, 4) is 0 Å². The minimum absolute atomic E-state index is 0. The maximum absolute atomic E-state index is 12.6.